The summed E-state index contributed by atoms with van der Waals surface area (Å²) in [4.78, 5) is 0.113. The average Bonchev–Trinajstić information content (AvgIpc) is 2.75. The Hall–Kier alpha value is -2.00. The summed E-state index contributed by atoms with van der Waals surface area (Å²) in [6.45, 7) is 0.642. The zero-order valence-electron chi connectivity index (χ0n) is 10.3. The molecule has 0 bridgehead atoms. The van der Waals surface area contributed by atoms with Crippen molar-refractivity contribution in [2.24, 2.45) is 12.2 Å². The molecular weight excluding hydrogens is 268 g/mol. The fourth-order valence-electron chi connectivity index (χ4n) is 1.54. The summed E-state index contributed by atoms with van der Waals surface area (Å²) in [5, 5.41) is 19.1. The molecule has 8 nitrogen and oxygen atoms in total. The number of aryl methyl sites for hydroxylation is 1. The Morgan fingerprint density at radius 3 is 2.53 bits per heavy atom. The van der Waals surface area contributed by atoms with Crippen molar-refractivity contribution in [2.45, 2.75) is 11.3 Å². The Balaban J connectivity index is 1.92. The Labute approximate surface area is 110 Å². The normalized spacial score (nSPS) is 11.5. The van der Waals surface area contributed by atoms with Gasteiger partial charge in [0.15, 0.2) is 0 Å². The highest BCUT2D eigenvalue weighted by Crippen LogP contribution is 2.09. The van der Waals surface area contributed by atoms with Crippen molar-refractivity contribution < 1.29 is 8.42 Å². The number of nitrogens with two attached hydrogens (primary N) is 1. The van der Waals surface area contributed by atoms with Crippen LogP contribution in [0, 0.1) is 0 Å². The molecule has 3 N–H and O–H groups in total. The lowest BCUT2D eigenvalue weighted by atomic mass is 10.1. The summed E-state index contributed by atoms with van der Waals surface area (Å²) >= 11 is 0. The van der Waals surface area contributed by atoms with E-state index in [-0.39, 0.29) is 4.90 Å². The summed E-state index contributed by atoms with van der Waals surface area (Å²) in [7, 11) is -1.89. The molecule has 2 aromatic rings. The van der Waals surface area contributed by atoms with Crippen LogP contribution in [0.5, 0.6) is 0 Å². The first kappa shape index (κ1) is 13.4. The number of hydrogen-bond acceptors (Lipinski definition) is 6. The van der Waals surface area contributed by atoms with E-state index in [9.17, 15) is 8.42 Å². The van der Waals surface area contributed by atoms with Gasteiger partial charge in [0.1, 0.15) is 0 Å². The van der Waals surface area contributed by atoms with Crippen LogP contribution in [0.1, 0.15) is 5.56 Å². The van der Waals surface area contributed by atoms with Gasteiger partial charge in [0, 0.05) is 13.6 Å². The largest absolute Gasteiger partial charge is 0.353 e. The molecule has 102 valence electrons. The third kappa shape index (κ3) is 3.48. The third-order valence-corrected chi connectivity index (χ3v) is 3.50. The standard InChI is InChI=1S/C10H14N6O2S/c1-16-10(13-14-15-16)12-7-6-8-2-4-9(5-3-8)19(11,17)18/h2-5H,6-7H2,1H3,(H2,11,17,18)(H,12,13,15). The van der Waals surface area contributed by atoms with Gasteiger partial charge in [-0.2, -0.15) is 0 Å². The van der Waals surface area contributed by atoms with Gasteiger partial charge in [-0.15, -0.1) is 0 Å². The second kappa shape index (κ2) is 5.33. The van der Waals surface area contributed by atoms with Crippen molar-refractivity contribution in [3.8, 4) is 0 Å². The minimum Gasteiger partial charge on any atom is -0.353 e. The maximum absolute atomic E-state index is 11.1. The van der Waals surface area contributed by atoms with Crippen molar-refractivity contribution >= 4 is 16.0 Å². The predicted molar refractivity (Wildman–Crippen MR) is 68.8 cm³/mol. The van der Waals surface area contributed by atoms with Gasteiger partial charge in [-0.05, 0) is 34.5 Å². The summed E-state index contributed by atoms with van der Waals surface area (Å²) in [6.07, 6.45) is 0.720. The minimum atomic E-state index is -3.63. The smallest absolute Gasteiger partial charge is 0.242 e. The van der Waals surface area contributed by atoms with E-state index in [2.05, 4.69) is 20.8 Å². The fraction of sp³-hybridized carbons (Fsp3) is 0.300. The Bertz CT molecular complexity index is 649. The van der Waals surface area contributed by atoms with Gasteiger partial charge in [-0.3, -0.25) is 0 Å². The molecule has 1 aromatic carbocycles. The lowest BCUT2D eigenvalue weighted by molar-refractivity contribution is 0.598. The summed E-state index contributed by atoms with van der Waals surface area (Å²) in [5.74, 6) is 0.584. The van der Waals surface area contributed by atoms with Crippen LogP contribution in [0.25, 0.3) is 0 Å². The van der Waals surface area contributed by atoms with Gasteiger partial charge in [-0.1, -0.05) is 17.2 Å². The molecule has 0 radical (unpaired) electrons. The number of nitrogens with one attached hydrogen (secondary N) is 1. The van der Waals surface area contributed by atoms with E-state index in [1.165, 1.54) is 16.8 Å². The second-order valence-corrected chi connectivity index (χ2v) is 5.55. The monoisotopic (exact) mass is 282 g/mol. The molecule has 0 atom stereocenters. The van der Waals surface area contributed by atoms with Gasteiger partial charge in [-0.25, -0.2) is 18.2 Å². The number of sulfonamides is 1. The average molecular weight is 282 g/mol. The van der Waals surface area contributed by atoms with Crippen LogP contribution in [0.3, 0.4) is 0 Å². The molecule has 0 unspecified atom stereocenters. The predicted octanol–water partition coefficient (Wildman–Crippen LogP) is -0.488. The second-order valence-electron chi connectivity index (χ2n) is 3.99. The molecule has 0 spiro atoms. The Kier molecular flexibility index (Phi) is 3.76. The number of rotatable bonds is 5. The van der Waals surface area contributed by atoms with Crippen LogP contribution < -0.4 is 10.5 Å². The first-order chi connectivity index (χ1) is 8.97. The summed E-state index contributed by atoms with van der Waals surface area (Å²) in [6, 6.07) is 6.45. The molecule has 0 aliphatic carbocycles. The Morgan fingerprint density at radius 2 is 2.00 bits per heavy atom. The van der Waals surface area contributed by atoms with Crippen molar-refractivity contribution in [1.29, 1.82) is 0 Å². The Morgan fingerprint density at radius 1 is 1.32 bits per heavy atom. The zero-order valence-corrected chi connectivity index (χ0v) is 11.1. The molecule has 19 heavy (non-hydrogen) atoms. The van der Waals surface area contributed by atoms with Gasteiger partial charge in [0.05, 0.1) is 4.90 Å². The lowest BCUT2D eigenvalue weighted by Crippen LogP contribution is -2.12. The molecule has 0 saturated carbocycles. The van der Waals surface area contributed by atoms with E-state index in [0.29, 0.717) is 12.5 Å². The molecule has 0 aliphatic heterocycles. The maximum atomic E-state index is 11.1. The quantitative estimate of drug-likeness (QED) is 0.764. The molecule has 0 amide bonds. The lowest BCUT2D eigenvalue weighted by Gasteiger charge is -2.05. The van der Waals surface area contributed by atoms with Crippen molar-refractivity contribution in [3.63, 3.8) is 0 Å². The molecule has 0 fully saturated rings. The van der Waals surface area contributed by atoms with Crippen LogP contribution in [0.15, 0.2) is 29.2 Å². The van der Waals surface area contributed by atoms with Crippen LogP contribution in [0.2, 0.25) is 0 Å². The molecule has 0 aliphatic rings. The van der Waals surface area contributed by atoms with E-state index in [4.69, 9.17) is 5.14 Å². The van der Waals surface area contributed by atoms with E-state index < -0.39 is 10.0 Å². The molecule has 1 heterocycles. The van der Waals surface area contributed by atoms with E-state index in [1.54, 1.807) is 19.2 Å². The zero-order chi connectivity index (χ0) is 13.9. The molecule has 2 rings (SSSR count). The maximum Gasteiger partial charge on any atom is 0.242 e. The highest BCUT2D eigenvalue weighted by atomic mass is 32.2. The summed E-state index contributed by atoms with van der Waals surface area (Å²) in [5.41, 5.74) is 0.995. The van der Waals surface area contributed by atoms with Crippen LogP contribution in [0.4, 0.5) is 5.95 Å². The molecule has 1 aromatic heterocycles. The van der Waals surface area contributed by atoms with Gasteiger partial charge < -0.3 is 5.32 Å². The molecule has 9 heteroatoms. The topological polar surface area (TPSA) is 116 Å². The van der Waals surface area contributed by atoms with E-state index >= 15 is 0 Å². The summed E-state index contributed by atoms with van der Waals surface area (Å²) < 4.78 is 23.7. The van der Waals surface area contributed by atoms with Crippen LogP contribution in [-0.2, 0) is 23.5 Å². The van der Waals surface area contributed by atoms with Gasteiger partial charge in [0.2, 0.25) is 16.0 Å². The highest BCUT2D eigenvalue weighted by Gasteiger charge is 2.06. The van der Waals surface area contributed by atoms with Gasteiger partial charge in [0.25, 0.3) is 0 Å². The first-order valence-electron chi connectivity index (χ1n) is 5.55. The number of hydrogen-bond donors (Lipinski definition) is 2. The SMILES string of the molecule is Cn1nnnc1NCCc1ccc(S(N)(=O)=O)cc1. The van der Waals surface area contributed by atoms with Crippen LogP contribution >= 0.6 is 0 Å². The van der Waals surface area contributed by atoms with Crippen molar-refractivity contribution in [2.75, 3.05) is 11.9 Å². The van der Waals surface area contributed by atoms with E-state index in [1.807, 2.05) is 0 Å². The molecular formula is C10H14N6O2S. The minimum absolute atomic E-state index is 0.113. The van der Waals surface area contributed by atoms with Crippen LogP contribution in [-0.4, -0.2) is 35.2 Å². The van der Waals surface area contributed by atoms with Crippen molar-refractivity contribution in [3.05, 3.63) is 29.8 Å². The number of aromatic nitrogens is 4. The number of primary sulfonamides is 1. The van der Waals surface area contributed by atoms with Gasteiger partial charge >= 0.3 is 0 Å². The number of anilines is 1. The highest BCUT2D eigenvalue weighted by molar-refractivity contribution is 7.89. The number of nitrogens with zero attached hydrogens (tertiary/aromatic N) is 4. The number of tetrazole rings is 1. The third-order valence-electron chi connectivity index (χ3n) is 2.57. The fourth-order valence-corrected chi connectivity index (χ4v) is 2.06. The molecule has 0 saturated heterocycles. The van der Waals surface area contributed by atoms with E-state index in [0.717, 1.165) is 12.0 Å². The first-order valence-corrected chi connectivity index (χ1v) is 7.09. The number of benzene rings is 1. The van der Waals surface area contributed by atoms with Crippen molar-refractivity contribution in [1.82, 2.24) is 20.2 Å².